The second-order valence-electron chi connectivity index (χ2n) is 5.10. The van der Waals surface area contributed by atoms with Crippen molar-refractivity contribution in [1.82, 2.24) is 4.90 Å². The molecule has 0 aromatic heterocycles. The summed E-state index contributed by atoms with van der Waals surface area (Å²) in [6.07, 6.45) is 1.27. The van der Waals surface area contributed by atoms with E-state index in [4.69, 9.17) is 0 Å². The molecule has 0 saturated heterocycles. The highest BCUT2D eigenvalue weighted by molar-refractivity contribution is 14.1. The van der Waals surface area contributed by atoms with Crippen LogP contribution in [0.4, 0.5) is 0 Å². The number of hydrogen-bond donors (Lipinski definition) is 0. The second-order valence-corrected chi connectivity index (χ2v) is 6.17. The molecule has 1 aliphatic rings. The molecular formula is C14H18INO. The number of carbonyl (C=O) groups is 1. The van der Waals surface area contributed by atoms with Crippen LogP contribution < -0.4 is 0 Å². The lowest BCUT2D eigenvalue weighted by molar-refractivity contribution is 0.0786. The minimum atomic E-state index is 0.150. The van der Waals surface area contributed by atoms with Crippen LogP contribution in [0.3, 0.4) is 0 Å². The number of halogens is 1. The SMILES string of the molecule is Cc1cccc(C(=O)N(C)CC2CC2C)c1I. The van der Waals surface area contributed by atoms with Gasteiger partial charge in [-0.15, -0.1) is 0 Å². The van der Waals surface area contributed by atoms with E-state index >= 15 is 0 Å². The number of carbonyl (C=O) groups excluding carboxylic acids is 1. The molecule has 3 heteroatoms. The molecule has 1 aromatic carbocycles. The van der Waals surface area contributed by atoms with E-state index in [-0.39, 0.29) is 5.91 Å². The maximum Gasteiger partial charge on any atom is 0.254 e. The first-order valence-electron chi connectivity index (χ1n) is 6.01. The van der Waals surface area contributed by atoms with E-state index < -0.39 is 0 Å². The zero-order chi connectivity index (χ0) is 12.6. The summed E-state index contributed by atoms with van der Waals surface area (Å²) >= 11 is 2.26. The summed E-state index contributed by atoms with van der Waals surface area (Å²) < 4.78 is 1.07. The molecule has 0 heterocycles. The Labute approximate surface area is 117 Å². The first kappa shape index (κ1) is 12.9. The molecule has 1 aliphatic carbocycles. The Morgan fingerprint density at radius 1 is 1.53 bits per heavy atom. The second kappa shape index (κ2) is 4.96. The quantitative estimate of drug-likeness (QED) is 0.771. The van der Waals surface area contributed by atoms with Crippen molar-refractivity contribution in [1.29, 1.82) is 0 Å². The molecule has 0 N–H and O–H groups in total. The van der Waals surface area contributed by atoms with Gasteiger partial charge in [-0.25, -0.2) is 0 Å². The zero-order valence-corrected chi connectivity index (χ0v) is 12.7. The average Bonchev–Trinajstić information content (AvgIpc) is 2.97. The number of amides is 1. The third-order valence-corrected chi connectivity index (χ3v) is 4.99. The van der Waals surface area contributed by atoms with E-state index in [1.165, 1.54) is 12.0 Å². The molecule has 1 amide bonds. The summed E-state index contributed by atoms with van der Waals surface area (Å²) in [4.78, 5) is 14.2. The highest BCUT2D eigenvalue weighted by Crippen LogP contribution is 2.38. The normalized spacial score (nSPS) is 22.4. The number of benzene rings is 1. The van der Waals surface area contributed by atoms with Crippen molar-refractivity contribution >= 4 is 28.5 Å². The fourth-order valence-corrected chi connectivity index (χ4v) is 2.70. The summed E-state index contributed by atoms with van der Waals surface area (Å²) in [6, 6.07) is 5.92. The summed E-state index contributed by atoms with van der Waals surface area (Å²) in [7, 11) is 1.91. The van der Waals surface area contributed by atoms with Crippen LogP contribution in [-0.2, 0) is 0 Å². The summed E-state index contributed by atoms with van der Waals surface area (Å²) in [6.45, 7) is 5.19. The molecule has 17 heavy (non-hydrogen) atoms. The van der Waals surface area contributed by atoms with Gasteiger partial charge in [0.1, 0.15) is 0 Å². The Hall–Kier alpha value is -0.580. The molecular weight excluding hydrogens is 325 g/mol. The van der Waals surface area contributed by atoms with Gasteiger partial charge in [-0.05, 0) is 59.4 Å². The molecule has 0 aliphatic heterocycles. The number of rotatable bonds is 3. The fourth-order valence-electron chi connectivity index (χ4n) is 2.11. The average molecular weight is 343 g/mol. The van der Waals surface area contributed by atoms with Crippen LogP contribution in [0.15, 0.2) is 18.2 Å². The van der Waals surface area contributed by atoms with Crippen molar-refractivity contribution in [2.75, 3.05) is 13.6 Å². The van der Waals surface area contributed by atoms with Gasteiger partial charge in [0.05, 0.1) is 5.56 Å². The highest BCUT2D eigenvalue weighted by Gasteiger charge is 2.34. The maximum atomic E-state index is 12.3. The molecule has 0 radical (unpaired) electrons. The third-order valence-electron chi connectivity index (χ3n) is 3.55. The minimum absolute atomic E-state index is 0.150. The summed E-state index contributed by atoms with van der Waals surface area (Å²) in [5.74, 6) is 1.66. The van der Waals surface area contributed by atoms with Gasteiger partial charge >= 0.3 is 0 Å². The van der Waals surface area contributed by atoms with Crippen LogP contribution in [0, 0.1) is 22.3 Å². The van der Waals surface area contributed by atoms with Crippen LogP contribution in [-0.4, -0.2) is 24.4 Å². The fraction of sp³-hybridized carbons (Fsp3) is 0.500. The smallest absolute Gasteiger partial charge is 0.254 e. The lowest BCUT2D eigenvalue weighted by Gasteiger charge is -2.18. The van der Waals surface area contributed by atoms with Gasteiger partial charge in [0, 0.05) is 17.2 Å². The summed E-state index contributed by atoms with van der Waals surface area (Å²) in [5, 5.41) is 0. The van der Waals surface area contributed by atoms with Crippen molar-refractivity contribution in [2.45, 2.75) is 20.3 Å². The van der Waals surface area contributed by atoms with Gasteiger partial charge in [-0.3, -0.25) is 4.79 Å². The molecule has 0 bridgehead atoms. The van der Waals surface area contributed by atoms with Gasteiger partial charge in [-0.2, -0.15) is 0 Å². The maximum absolute atomic E-state index is 12.3. The van der Waals surface area contributed by atoms with E-state index in [9.17, 15) is 4.79 Å². The van der Waals surface area contributed by atoms with Crippen molar-refractivity contribution in [3.05, 3.63) is 32.9 Å². The molecule has 92 valence electrons. The van der Waals surface area contributed by atoms with Crippen molar-refractivity contribution in [3.63, 3.8) is 0 Å². The van der Waals surface area contributed by atoms with Crippen LogP contribution in [0.2, 0.25) is 0 Å². The van der Waals surface area contributed by atoms with Gasteiger partial charge in [0.15, 0.2) is 0 Å². The highest BCUT2D eigenvalue weighted by atomic mass is 127. The van der Waals surface area contributed by atoms with Crippen molar-refractivity contribution in [3.8, 4) is 0 Å². The predicted molar refractivity (Wildman–Crippen MR) is 78.1 cm³/mol. The Bertz CT molecular complexity index is 444. The van der Waals surface area contributed by atoms with Crippen LogP contribution >= 0.6 is 22.6 Å². The Balaban J connectivity index is 2.10. The summed E-state index contributed by atoms with van der Waals surface area (Å²) in [5.41, 5.74) is 2.01. The molecule has 1 fully saturated rings. The van der Waals surface area contributed by atoms with Crippen LogP contribution in [0.1, 0.15) is 29.3 Å². The van der Waals surface area contributed by atoms with Crippen molar-refractivity contribution in [2.24, 2.45) is 11.8 Å². The molecule has 1 saturated carbocycles. The largest absolute Gasteiger partial charge is 0.341 e. The standard InChI is InChI=1S/C14H18INO/c1-9-5-4-6-12(13(9)15)14(17)16(3)8-11-7-10(11)2/h4-6,10-11H,7-8H2,1-3H3. The van der Waals surface area contributed by atoms with Crippen LogP contribution in [0.25, 0.3) is 0 Å². The molecule has 2 unspecified atom stereocenters. The zero-order valence-electron chi connectivity index (χ0n) is 10.5. The van der Waals surface area contributed by atoms with E-state index in [1.807, 2.05) is 37.1 Å². The Morgan fingerprint density at radius 2 is 2.18 bits per heavy atom. The number of nitrogens with zero attached hydrogens (tertiary/aromatic N) is 1. The number of hydrogen-bond acceptors (Lipinski definition) is 1. The minimum Gasteiger partial charge on any atom is -0.341 e. The molecule has 2 atom stereocenters. The van der Waals surface area contributed by atoms with E-state index in [0.717, 1.165) is 21.6 Å². The molecule has 1 aromatic rings. The number of aryl methyl sites for hydroxylation is 1. The lowest BCUT2D eigenvalue weighted by Crippen LogP contribution is -2.29. The first-order valence-corrected chi connectivity index (χ1v) is 7.09. The Morgan fingerprint density at radius 3 is 2.76 bits per heavy atom. The van der Waals surface area contributed by atoms with Crippen molar-refractivity contribution < 1.29 is 4.79 Å². The van der Waals surface area contributed by atoms with Gasteiger partial charge in [0.25, 0.3) is 5.91 Å². The van der Waals surface area contributed by atoms with E-state index in [0.29, 0.717) is 5.92 Å². The molecule has 2 rings (SSSR count). The van der Waals surface area contributed by atoms with Crippen LogP contribution in [0.5, 0.6) is 0 Å². The topological polar surface area (TPSA) is 20.3 Å². The first-order chi connectivity index (χ1) is 8.00. The van der Waals surface area contributed by atoms with Gasteiger partial charge in [0.2, 0.25) is 0 Å². The lowest BCUT2D eigenvalue weighted by atomic mass is 10.1. The molecule has 2 nitrogen and oxygen atoms in total. The van der Waals surface area contributed by atoms with Gasteiger partial charge in [-0.1, -0.05) is 19.1 Å². The Kier molecular flexibility index (Phi) is 3.76. The van der Waals surface area contributed by atoms with E-state index in [2.05, 4.69) is 29.5 Å². The monoisotopic (exact) mass is 343 g/mol. The van der Waals surface area contributed by atoms with Gasteiger partial charge < -0.3 is 4.90 Å². The molecule has 0 spiro atoms. The van der Waals surface area contributed by atoms with E-state index in [1.54, 1.807) is 0 Å². The predicted octanol–water partition coefficient (Wildman–Crippen LogP) is 3.33. The third kappa shape index (κ3) is 2.81.